The second-order valence-electron chi connectivity index (χ2n) is 4.47. The van der Waals surface area contributed by atoms with Gasteiger partial charge in [-0.3, -0.25) is 0 Å². The van der Waals surface area contributed by atoms with Gasteiger partial charge in [-0.1, -0.05) is 46.3 Å². The Morgan fingerprint density at radius 2 is 1.68 bits per heavy atom. The molecule has 0 aliphatic heterocycles. The summed E-state index contributed by atoms with van der Waals surface area (Å²) in [5, 5.41) is 4.45. The highest BCUT2D eigenvalue weighted by atomic mass is 79.9. The fourth-order valence-corrected chi connectivity index (χ4v) is 2.33. The lowest BCUT2D eigenvalue weighted by Gasteiger charge is -2.04. The van der Waals surface area contributed by atoms with Crippen LogP contribution < -0.4 is 0 Å². The number of para-hydroxylation sites is 1. The molecule has 0 saturated carbocycles. The van der Waals surface area contributed by atoms with Crippen LogP contribution >= 0.6 is 15.9 Å². The van der Waals surface area contributed by atoms with Crippen LogP contribution in [-0.2, 0) is 0 Å². The second kappa shape index (κ2) is 5.02. The van der Waals surface area contributed by atoms with E-state index in [9.17, 15) is 0 Å². The number of nitrogens with zero attached hydrogens (tertiary/aromatic N) is 2. The Kier molecular flexibility index (Phi) is 3.22. The average Bonchev–Trinajstić information content (AvgIpc) is 2.89. The highest BCUT2D eigenvalue weighted by molar-refractivity contribution is 9.10. The van der Waals surface area contributed by atoms with Crippen molar-refractivity contribution in [2.24, 2.45) is 0 Å². The molecule has 3 heteroatoms. The van der Waals surface area contributed by atoms with E-state index in [1.807, 2.05) is 35.1 Å². The highest BCUT2D eigenvalue weighted by Gasteiger charge is 2.04. The first kappa shape index (κ1) is 12.2. The molecule has 1 aromatic heterocycles. The lowest BCUT2D eigenvalue weighted by Crippen LogP contribution is -1.96. The lowest BCUT2D eigenvalue weighted by molar-refractivity contribution is 0.873. The van der Waals surface area contributed by atoms with Crippen LogP contribution in [0.1, 0.15) is 5.56 Å². The van der Waals surface area contributed by atoms with Crippen molar-refractivity contribution in [2.45, 2.75) is 6.92 Å². The van der Waals surface area contributed by atoms with Gasteiger partial charge in [0.1, 0.15) is 0 Å². The third-order valence-electron chi connectivity index (χ3n) is 3.12. The molecule has 0 aliphatic rings. The minimum absolute atomic E-state index is 1.09. The molecule has 0 fully saturated rings. The van der Waals surface area contributed by atoms with Crippen LogP contribution in [0.5, 0.6) is 0 Å². The molecule has 0 atom stereocenters. The third kappa shape index (κ3) is 2.47. The maximum atomic E-state index is 4.45. The zero-order valence-electron chi connectivity index (χ0n) is 10.5. The van der Waals surface area contributed by atoms with Crippen molar-refractivity contribution in [3.8, 4) is 16.8 Å². The van der Waals surface area contributed by atoms with Gasteiger partial charge in [-0.25, -0.2) is 4.68 Å². The normalized spacial score (nSPS) is 10.6. The summed E-state index contributed by atoms with van der Waals surface area (Å²) >= 11 is 3.45. The monoisotopic (exact) mass is 312 g/mol. The van der Waals surface area contributed by atoms with E-state index in [1.54, 1.807) is 0 Å². The molecule has 0 spiro atoms. The number of halogens is 1. The molecule has 0 unspecified atom stereocenters. The summed E-state index contributed by atoms with van der Waals surface area (Å²) in [6, 6.07) is 16.5. The number of hydrogen-bond donors (Lipinski definition) is 0. The van der Waals surface area contributed by atoms with Crippen LogP contribution in [0.2, 0.25) is 0 Å². The van der Waals surface area contributed by atoms with E-state index in [0.717, 1.165) is 15.7 Å². The van der Waals surface area contributed by atoms with E-state index in [0.29, 0.717) is 0 Å². The Morgan fingerprint density at radius 1 is 0.947 bits per heavy atom. The van der Waals surface area contributed by atoms with Crippen LogP contribution in [0.3, 0.4) is 0 Å². The average molecular weight is 313 g/mol. The summed E-state index contributed by atoms with van der Waals surface area (Å²) in [5.41, 5.74) is 4.62. The molecule has 1 heterocycles. The maximum Gasteiger partial charge on any atom is 0.0674 e. The van der Waals surface area contributed by atoms with Gasteiger partial charge in [0.2, 0.25) is 0 Å². The largest absolute Gasteiger partial charge is 0.240 e. The zero-order valence-corrected chi connectivity index (χ0v) is 12.1. The Hall–Kier alpha value is -1.87. The first-order chi connectivity index (χ1) is 9.24. The van der Waals surface area contributed by atoms with Gasteiger partial charge in [0.15, 0.2) is 0 Å². The molecule has 3 aromatic rings. The van der Waals surface area contributed by atoms with Gasteiger partial charge >= 0.3 is 0 Å². The van der Waals surface area contributed by atoms with Crippen LogP contribution in [0.25, 0.3) is 16.8 Å². The summed E-state index contributed by atoms with van der Waals surface area (Å²) in [5.74, 6) is 0. The molecular weight excluding hydrogens is 300 g/mol. The molecule has 0 amide bonds. The van der Waals surface area contributed by atoms with Crippen molar-refractivity contribution in [1.82, 2.24) is 9.78 Å². The molecule has 2 nitrogen and oxygen atoms in total. The van der Waals surface area contributed by atoms with E-state index in [2.05, 4.69) is 58.4 Å². The van der Waals surface area contributed by atoms with E-state index < -0.39 is 0 Å². The van der Waals surface area contributed by atoms with Gasteiger partial charge in [-0.15, -0.1) is 0 Å². The van der Waals surface area contributed by atoms with Gasteiger partial charge in [-0.2, -0.15) is 5.10 Å². The fourth-order valence-electron chi connectivity index (χ4n) is 2.07. The number of aryl methyl sites for hydroxylation is 1. The third-order valence-corrected chi connectivity index (χ3v) is 3.65. The number of rotatable bonds is 2. The smallest absolute Gasteiger partial charge is 0.0674 e. The van der Waals surface area contributed by atoms with Gasteiger partial charge in [0.25, 0.3) is 0 Å². The summed E-state index contributed by atoms with van der Waals surface area (Å²) in [6.45, 7) is 2.09. The van der Waals surface area contributed by atoms with Gasteiger partial charge < -0.3 is 0 Å². The molecule has 19 heavy (non-hydrogen) atoms. The van der Waals surface area contributed by atoms with Gasteiger partial charge in [0.05, 0.1) is 11.9 Å². The van der Waals surface area contributed by atoms with E-state index >= 15 is 0 Å². The molecule has 0 N–H and O–H groups in total. The number of aromatic nitrogens is 2. The first-order valence-corrected chi connectivity index (χ1v) is 6.90. The van der Waals surface area contributed by atoms with Crippen molar-refractivity contribution < 1.29 is 0 Å². The molecule has 0 bridgehead atoms. The molecule has 0 radical (unpaired) electrons. The second-order valence-corrected chi connectivity index (χ2v) is 5.38. The molecule has 0 saturated heterocycles. The van der Waals surface area contributed by atoms with Crippen LogP contribution in [0, 0.1) is 6.92 Å². The van der Waals surface area contributed by atoms with E-state index in [1.165, 1.54) is 11.1 Å². The maximum absolute atomic E-state index is 4.45. The summed E-state index contributed by atoms with van der Waals surface area (Å²) in [6.07, 6.45) is 3.96. The van der Waals surface area contributed by atoms with Crippen molar-refractivity contribution >= 4 is 15.9 Å². The lowest BCUT2D eigenvalue weighted by atomic mass is 10.1. The standard InChI is InChI=1S/C16H13BrN2/c1-12-4-2-3-5-16(12)19-11-14(10-18-19)13-6-8-15(17)9-7-13/h2-11H,1H3. The van der Waals surface area contributed by atoms with Gasteiger partial charge in [0, 0.05) is 16.2 Å². The minimum atomic E-state index is 1.09. The molecule has 94 valence electrons. The summed E-state index contributed by atoms with van der Waals surface area (Å²) in [7, 11) is 0. The Balaban J connectivity index is 2.00. The predicted molar refractivity (Wildman–Crippen MR) is 81.4 cm³/mol. The highest BCUT2D eigenvalue weighted by Crippen LogP contribution is 2.23. The van der Waals surface area contributed by atoms with Crippen molar-refractivity contribution in [2.75, 3.05) is 0 Å². The van der Waals surface area contributed by atoms with Crippen LogP contribution in [0.4, 0.5) is 0 Å². The molecular formula is C16H13BrN2. The van der Waals surface area contributed by atoms with Crippen LogP contribution in [0.15, 0.2) is 65.4 Å². The van der Waals surface area contributed by atoms with Gasteiger partial charge in [-0.05, 0) is 36.2 Å². The Bertz CT molecular complexity index is 699. The molecule has 3 rings (SSSR count). The quantitative estimate of drug-likeness (QED) is 0.675. The van der Waals surface area contributed by atoms with Crippen molar-refractivity contribution in [3.05, 3.63) is 71.0 Å². The fraction of sp³-hybridized carbons (Fsp3) is 0.0625. The summed E-state index contributed by atoms with van der Waals surface area (Å²) < 4.78 is 3.01. The van der Waals surface area contributed by atoms with Crippen LogP contribution in [-0.4, -0.2) is 9.78 Å². The first-order valence-electron chi connectivity index (χ1n) is 6.11. The predicted octanol–water partition coefficient (Wildman–Crippen LogP) is 4.61. The Morgan fingerprint density at radius 3 is 2.42 bits per heavy atom. The molecule has 2 aromatic carbocycles. The summed E-state index contributed by atoms with van der Waals surface area (Å²) in [4.78, 5) is 0. The number of hydrogen-bond acceptors (Lipinski definition) is 1. The number of benzene rings is 2. The van der Waals surface area contributed by atoms with E-state index in [4.69, 9.17) is 0 Å². The van der Waals surface area contributed by atoms with E-state index in [-0.39, 0.29) is 0 Å². The van der Waals surface area contributed by atoms with Crippen molar-refractivity contribution in [1.29, 1.82) is 0 Å². The zero-order chi connectivity index (χ0) is 13.2. The Labute approximate surface area is 120 Å². The topological polar surface area (TPSA) is 17.8 Å². The SMILES string of the molecule is Cc1ccccc1-n1cc(-c2ccc(Br)cc2)cn1. The minimum Gasteiger partial charge on any atom is -0.240 e. The molecule has 0 aliphatic carbocycles. The van der Waals surface area contributed by atoms with Crippen molar-refractivity contribution in [3.63, 3.8) is 0 Å².